The van der Waals surface area contributed by atoms with Crippen molar-refractivity contribution in [3.05, 3.63) is 57.9 Å². The van der Waals surface area contributed by atoms with Gasteiger partial charge >= 0.3 is 0 Å². The summed E-state index contributed by atoms with van der Waals surface area (Å²) in [5.41, 5.74) is 7.68. The molecule has 0 aliphatic heterocycles. The molecule has 0 fully saturated rings. The molecule has 1 rings (SSSR count). The molecule has 0 spiro atoms. The second-order valence-corrected chi connectivity index (χ2v) is 12.7. The van der Waals surface area contributed by atoms with Gasteiger partial charge in [0.25, 0.3) is 0 Å². The Labute approximate surface area is 319 Å². The van der Waals surface area contributed by atoms with Crippen LogP contribution in [-0.4, -0.2) is 112 Å². The number of benzene rings is 1. The van der Waals surface area contributed by atoms with Crippen LogP contribution in [0.2, 0.25) is 0 Å². The second kappa shape index (κ2) is 35.1. The van der Waals surface area contributed by atoms with Gasteiger partial charge in [-0.2, -0.15) is 4.91 Å². The summed E-state index contributed by atoms with van der Waals surface area (Å²) in [4.78, 5) is 11.4. The lowest BCUT2D eigenvalue weighted by Gasteiger charge is -2.19. The minimum atomic E-state index is -0.270. The topological polar surface area (TPSA) is 165 Å². The molecule has 1 atom stereocenters. The summed E-state index contributed by atoms with van der Waals surface area (Å²) in [5.74, 6) is 5.74. The Kier molecular flexibility index (Phi) is 32.0. The van der Waals surface area contributed by atoms with Gasteiger partial charge in [0.1, 0.15) is 0 Å². The van der Waals surface area contributed by atoms with E-state index in [2.05, 4.69) is 59.4 Å². The molecule has 0 bridgehead atoms. The van der Waals surface area contributed by atoms with Crippen LogP contribution in [0.4, 0.5) is 5.69 Å². The first-order valence-electron chi connectivity index (χ1n) is 19.3. The van der Waals surface area contributed by atoms with E-state index in [1.807, 2.05) is 13.8 Å². The molecular weight excluding hydrogens is 682 g/mol. The summed E-state index contributed by atoms with van der Waals surface area (Å²) >= 11 is 0. The number of aryl methyl sites for hydroxylation is 1. The molecule has 0 radical (unpaired) electrons. The molecule has 0 amide bonds. The van der Waals surface area contributed by atoms with Crippen LogP contribution < -0.4 is 21.9 Å². The normalized spacial score (nSPS) is 12.7. The Morgan fingerprint density at radius 2 is 1.34 bits per heavy atom. The molecule has 14 heteroatoms. The molecule has 5 N–H and O–H groups in total. The third kappa shape index (κ3) is 26.7. The van der Waals surface area contributed by atoms with Crippen LogP contribution in [0.1, 0.15) is 70.9 Å². The number of nitrogens with two attached hydrogens (primary N) is 1. The lowest BCUT2D eigenvalue weighted by atomic mass is 9.99. The first-order chi connectivity index (χ1) is 26.0. The Balaban J connectivity index is 2.14. The number of anilines is 1. The van der Waals surface area contributed by atoms with Crippen LogP contribution in [0, 0.1) is 10.8 Å². The Bertz CT molecular complexity index is 1080. The van der Waals surface area contributed by atoms with Gasteiger partial charge < -0.3 is 54.0 Å². The third-order valence-corrected chi connectivity index (χ3v) is 8.04. The molecule has 1 aromatic rings. The van der Waals surface area contributed by atoms with Crippen molar-refractivity contribution < 1.29 is 37.9 Å². The zero-order chi connectivity index (χ0) is 38.6. The molecular formula is C39H71N5O9. The van der Waals surface area contributed by atoms with E-state index in [0.29, 0.717) is 98.9 Å². The SMILES string of the molecule is CC/C=C(\CC(N=O)C(C)C)Nc1ccc(CC)c(COC/C(=C/NN)NCCOCCOCCOCCOCCOCCCCCOCCOC)c1. The predicted molar refractivity (Wildman–Crippen MR) is 211 cm³/mol. The molecule has 0 saturated heterocycles. The number of hydrazine groups is 1. The molecule has 0 aromatic heterocycles. The molecule has 0 heterocycles. The molecule has 1 aromatic carbocycles. The van der Waals surface area contributed by atoms with E-state index < -0.39 is 0 Å². The van der Waals surface area contributed by atoms with Gasteiger partial charge in [-0.05, 0) is 61.3 Å². The van der Waals surface area contributed by atoms with E-state index in [1.165, 1.54) is 5.56 Å². The number of ether oxygens (including phenoxy) is 8. The zero-order valence-corrected chi connectivity index (χ0v) is 33.3. The second-order valence-electron chi connectivity index (χ2n) is 12.7. The first-order valence-corrected chi connectivity index (χ1v) is 19.3. The van der Waals surface area contributed by atoms with Crippen LogP contribution in [0.15, 0.2) is 47.0 Å². The fraction of sp³-hybridized carbons (Fsp3) is 0.744. The molecule has 1 unspecified atom stereocenters. The molecule has 0 aliphatic rings. The van der Waals surface area contributed by atoms with Crippen molar-refractivity contribution in [2.45, 2.75) is 78.9 Å². The van der Waals surface area contributed by atoms with Gasteiger partial charge in [-0.15, -0.1) is 0 Å². The minimum Gasteiger partial charge on any atom is -0.383 e. The largest absolute Gasteiger partial charge is 0.383 e. The summed E-state index contributed by atoms with van der Waals surface area (Å²) < 4.78 is 44.4. The maximum absolute atomic E-state index is 11.4. The average Bonchev–Trinajstić information content (AvgIpc) is 3.15. The van der Waals surface area contributed by atoms with E-state index in [0.717, 1.165) is 68.0 Å². The zero-order valence-electron chi connectivity index (χ0n) is 33.3. The Morgan fingerprint density at radius 3 is 1.87 bits per heavy atom. The van der Waals surface area contributed by atoms with Gasteiger partial charge in [-0.3, -0.25) is 5.84 Å². The first kappa shape index (κ1) is 48.4. The van der Waals surface area contributed by atoms with E-state index in [1.54, 1.807) is 13.3 Å². The van der Waals surface area contributed by atoms with Crippen molar-refractivity contribution in [2.24, 2.45) is 16.9 Å². The number of rotatable bonds is 38. The maximum Gasteiger partial charge on any atom is 0.0996 e. The van der Waals surface area contributed by atoms with Crippen LogP contribution in [0.5, 0.6) is 0 Å². The summed E-state index contributed by atoms with van der Waals surface area (Å²) in [6.45, 7) is 17.1. The highest BCUT2D eigenvalue weighted by Crippen LogP contribution is 2.23. The van der Waals surface area contributed by atoms with Gasteiger partial charge in [0.05, 0.1) is 97.6 Å². The van der Waals surface area contributed by atoms with Gasteiger partial charge in [0.2, 0.25) is 0 Å². The molecule has 306 valence electrons. The van der Waals surface area contributed by atoms with Crippen molar-refractivity contribution >= 4 is 5.69 Å². The van der Waals surface area contributed by atoms with Crippen molar-refractivity contribution in [2.75, 3.05) is 111 Å². The number of hydrogen-bond acceptors (Lipinski definition) is 14. The molecule has 0 saturated carbocycles. The standard InChI is InChI=1S/C39H71N5O9/c1-6-11-36(29-39(44-45)33(3)4)43-37-13-12-34(7-2)35(28-37)31-53-32-38(30-42-40)41-14-17-49-21-23-51-25-27-52-26-24-50-22-20-48-16-10-8-9-15-47-19-18-46-5/h11-13,28,30,33,39,41-43H,6-10,14-27,29,31-32,40H2,1-5H3/b36-11+,38-30-. The summed E-state index contributed by atoms with van der Waals surface area (Å²) in [6.07, 6.45) is 9.29. The van der Waals surface area contributed by atoms with Gasteiger partial charge in [-0.25, -0.2) is 0 Å². The number of hydrogen-bond donors (Lipinski definition) is 4. The fourth-order valence-corrected chi connectivity index (χ4v) is 5.03. The number of nitroso groups, excluding NO2 is 1. The van der Waals surface area contributed by atoms with Crippen molar-refractivity contribution in [1.82, 2.24) is 10.7 Å². The lowest BCUT2D eigenvalue weighted by Crippen LogP contribution is -2.26. The van der Waals surface area contributed by atoms with Crippen LogP contribution >= 0.6 is 0 Å². The molecule has 53 heavy (non-hydrogen) atoms. The predicted octanol–water partition coefficient (Wildman–Crippen LogP) is 5.46. The highest BCUT2D eigenvalue weighted by atomic mass is 16.6. The molecule has 14 nitrogen and oxygen atoms in total. The summed E-state index contributed by atoms with van der Waals surface area (Å²) in [7, 11) is 1.68. The number of allylic oxidation sites excluding steroid dienone is 1. The van der Waals surface area contributed by atoms with Crippen LogP contribution in [0.25, 0.3) is 0 Å². The van der Waals surface area contributed by atoms with Crippen LogP contribution in [0.3, 0.4) is 0 Å². The van der Waals surface area contributed by atoms with Gasteiger partial charge in [0, 0.05) is 50.9 Å². The quantitative estimate of drug-likeness (QED) is 0.0291. The highest BCUT2D eigenvalue weighted by Gasteiger charge is 2.16. The van der Waals surface area contributed by atoms with Crippen molar-refractivity contribution in [3.8, 4) is 0 Å². The van der Waals surface area contributed by atoms with Crippen molar-refractivity contribution in [1.29, 1.82) is 0 Å². The smallest absolute Gasteiger partial charge is 0.0996 e. The Hall–Kier alpha value is -2.66. The monoisotopic (exact) mass is 754 g/mol. The minimum absolute atomic E-state index is 0.175. The Morgan fingerprint density at radius 1 is 0.755 bits per heavy atom. The molecule has 0 aliphatic carbocycles. The van der Waals surface area contributed by atoms with Gasteiger partial charge in [0.15, 0.2) is 0 Å². The average molecular weight is 754 g/mol. The third-order valence-electron chi connectivity index (χ3n) is 8.04. The van der Waals surface area contributed by atoms with Gasteiger partial charge in [-0.1, -0.05) is 45.0 Å². The van der Waals surface area contributed by atoms with E-state index >= 15 is 0 Å². The van der Waals surface area contributed by atoms with E-state index in [9.17, 15) is 4.91 Å². The van der Waals surface area contributed by atoms with Crippen LogP contribution in [-0.2, 0) is 50.9 Å². The summed E-state index contributed by atoms with van der Waals surface area (Å²) in [5, 5.41) is 10.2. The van der Waals surface area contributed by atoms with E-state index in [4.69, 9.17) is 43.7 Å². The van der Waals surface area contributed by atoms with E-state index in [-0.39, 0.29) is 12.0 Å². The maximum atomic E-state index is 11.4. The fourth-order valence-electron chi connectivity index (χ4n) is 5.03. The lowest BCUT2D eigenvalue weighted by molar-refractivity contribution is -0.0110. The number of nitrogens with one attached hydrogen (secondary N) is 3. The number of methoxy groups -OCH3 is 1. The number of unbranched alkanes of at least 4 members (excludes halogenated alkanes) is 2. The summed E-state index contributed by atoms with van der Waals surface area (Å²) in [6, 6.07) is 6.03. The van der Waals surface area contributed by atoms with Crippen molar-refractivity contribution in [3.63, 3.8) is 0 Å². The highest BCUT2D eigenvalue weighted by molar-refractivity contribution is 5.52. The number of nitrogens with zero attached hydrogens (tertiary/aromatic N) is 1.